The molecule has 4 heterocycles. The standard InChI is InChI=1S/C23H28N6OS/c1-16-26-27-23(31-16)25-22-7-3-6-19(24-22)21-15-29(11-12-30-21)14-17-8-9-20-18(13-17)5-4-10-28(20)2/h3,6-9,13,21H,4-5,10-12,14-15H2,1-2H3,(H,24,25,27)/t21-/m1/s1. The van der Waals surface area contributed by atoms with Gasteiger partial charge in [0.05, 0.1) is 12.3 Å². The molecule has 1 aromatic carbocycles. The minimum atomic E-state index is -0.0320. The van der Waals surface area contributed by atoms with Crippen LogP contribution in [0.1, 0.15) is 34.4 Å². The van der Waals surface area contributed by atoms with Crippen LogP contribution in [-0.4, -0.2) is 53.4 Å². The Morgan fingerprint density at radius 3 is 3.00 bits per heavy atom. The molecule has 0 bridgehead atoms. The average molecular weight is 437 g/mol. The first-order valence-electron chi connectivity index (χ1n) is 10.8. The maximum atomic E-state index is 6.08. The maximum Gasteiger partial charge on any atom is 0.211 e. The highest BCUT2D eigenvalue weighted by molar-refractivity contribution is 7.15. The number of nitrogens with zero attached hydrogens (tertiary/aromatic N) is 5. The topological polar surface area (TPSA) is 66.4 Å². The predicted octanol–water partition coefficient (Wildman–Crippen LogP) is 3.94. The van der Waals surface area contributed by atoms with Gasteiger partial charge < -0.3 is 15.0 Å². The molecule has 31 heavy (non-hydrogen) atoms. The number of fused-ring (bicyclic) bond motifs is 1. The van der Waals surface area contributed by atoms with Crippen LogP contribution in [-0.2, 0) is 17.7 Å². The van der Waals surface area contributed by atoms with Crippen LogP contribution in [0, 0.1) is 6.92 Å². The number of aryl methyl sites for hydroxylation is 2. The summed E-state index contributed by atoms with van der Waals surface area (Å²) in [6.07, 6.45) is 2.38. The molecule has 162 valence electrons. The second-order valence-electron chi connectivity index (χ2n) is 8.28. The Bertz CT molecular complexity index is 1050. The summed E-state index contributed by atoms with van der Waals surface area (Å²) in [6, 6.07) is 13.0. The summed E-state index contributed by atoms with van der Waals surface area (Å²) < 4.78 is 6.08. The van der Waals surface area contributed by atoms with Gasteiger partial charge in [0.2, 0.25) is 5.13 Å². The molecule has 0 aliphatic carbocycles. The Kier molecular flexibility index (Phi) is 5.85. The molecule has 8 heteroatoms. The van der Waals surface area contributed by atoms with Crippen molar-refractivity contribution < 1.29 is 4.74 Å². The van der Waals surface area contributed by atoms with Crippen LogP contribution in [0.4, 0.5) is 16.6 Å². The van der Waals surface area contributed by atoms with E-state index in [4.69, 9.17) is 9.72 Å². The molecule has 2 aliphatic heterocycles. The van der Waals surface area contributed by atoms with E-state index < -0.39 is 0 Å². The number of benzene rings is 1. The van der Waals surface area contributed by atoms with Gasteiger partial charge in [-0.1, -0.05) is 29.5 Å². The first-order chi connectivity index (χ1) is 15.1. The molecule has 0 spiro atoms. The van der Waals surface area contributed by atoms with Crippen molar-refractivity contribution in [1.82, 2.24) is 20.1 Å². The number of hydrogen-bond acceptors (Lipinski definition) is 8. The van der Waals surface area contributed by atoms with Crippen molar-refractivity contribution in [2.45, 2.75) is 32.4 Å². The van der Waals surface area contributed by atoms with Crippen LogP contribution < -0.4 is 10.2 Å². The fourth-order valence-corrected chi connectivity index (χ4v) is 4.98. The second kappa shape index (κ2) is 8.90. The van der Waals surface area contributed by atoms with Gasteiger partial charge in [0.15, 0.2) is 0 Å². The monoisotopic (exact) mass is 436 g/mol. The Balaban J connectivity index is 1.26. The smallest absolute Gasteiger partial charge is 0.211 e. The summed E-state index contributed by atoms with van der Waals surface area (Å²) in [7, 11) is 2.19. The van der Waals surface area contributed by atoms with E-state index in [9.17, 15) is 0 Å². The number of morpholine rings is 1. The summed E-state index contributed by atoms with van der Waals surface area (Å²) in [5.74, 6) is 0.771. The molecule has 0 saturated carbocycles. The summed E-state index contributed by atoms with van der Waals surface area (Å²) in [6.45, 7) is 6.53. The molecule has 2 aliphatic rings. The minimum absolute atomic E-state index is 0.0320. The number of hydrogen-bond donors (Lipinski definition) is 1. The third-order valence-electron chi connectivity index (χ3n) is 5.91. The number of nitrogens with one attached hydrogen (secondary N) is 1. The van der Waals surface area contributed by atoms with Gasteiger partial charge in [0, 0.05) is 38.9 Å². The molecule has 7 nitrogen and oxygen atoms in total. The Hall–Kier alpha value is -2.55. The maximum absolute atomic E-state index is 6.08. The largest absolute Gasteiger partial charge is 0.374 e. The molecule has 1 saturated heterocycles. The average Bonchev–Trinajstić information content (AvgIpc) is 3.19. The quantitative estimate of drug-likeness (QED) is 0.650. The van der Waals surface area contributed by atoms with Crippen molar-refractivity contribution in [1.29, 1.82) is 0 Å². The molecule has 3 aromatic rings. The van der Waals surface area contributed by atoms with E-state index in [-0.39, 0.29) is 6.10 Å². The molecule has 0 unspecified atom stereocenters. The Morgan fingerprint density at radius 1 is 1.19 bits per heavy atom. The van der Waals surface area contributed by atoms with Crippen molar-refractivity contribution in [3.05, 3.63) is 58.2 Å². The van der Waals surface area contributed by atoms with Gasteiger partial charge in [0.1, 0.15) is 16.9 Å². The van der Waals surface area contributed by atoms with Gasteiger partial charge in [-0.05, 0) is 49.1 Å². The third-order valence-corrected chi connectivity index (χ3v) is 6.67. The molecule has 1 N–H and O–H groups in total. The number of anilines is 3. The highest BCUT2D eigenvalue weighted by Crippen LogP contribution is 2.29. The molecular weight excluding hydrogens is 408 g/mol. The molecule has 5 rings (SSSR count). The van der Waals surface area contributed by atoms with E-state index in [2.05, 4.69) is 50.6 Å². The van der Waals surface area contributed by atoms with E-state index in [1.807, 2.05) is 25.1 Å². The fraction of sp³-hybridized carbons (Fsp3) is 0.435. The minimum Gasteiger partial charge on any atom is -0.374 e. The van der Waals surface area contributed by atoms with Gasteiger partial charge in [-0.3, -0.25) is 4.90 Å². The van der Waals surface area contributed by atoms with Crippen LogP contribution in [0.3, 0.4) is 0 Å². The lowest BCUT2D eigenvalue weighted by molar-refractivity contribution is -0.0349. The highest BCUT2D eigenvalue weighted by atomic mass is 32.1. The molecule has 0 radical (unpaired) electrons. The lowest BCUT2D eigenvalue weighted by Gasteiger charge is -2.33. The van der Waals surface area contributed by atoms with Gasteiger partial charge in [-0.15, -0.1) is 10.2 Å². The second-order valence-corrected chi connectivity index (χ2v) is 9.46. The van der Waals surface area contributed by atoms with E-state index in [1.165, 1.54) is 41.0 Å². The van der Waals surface area contributed by atoms with Crippen LogP contribution in [0.5, 0.6) is 0 Å². The molecule has 2 aromatic heterocycles. The SMILES string of the molecule is Cc1nnc(Nc2cccc([C@H]3CN(Cc4ccc5c(c4)CCCN5C)CCO3)n2)s1. The fourth-order valence-electron chi connectivity index (χ4n) is 4.38. The van der Waals surface area contributed by atoms with Crippen LogP contribution in [0.15, 0.2) is 36.4 Å². The molecular formula is C23H28N6OS. The van der Waals surface area contributed by atoms with E-state index in [0.717, 1.165) is 47.8 Å². The van der Waals surface area contributed by atoms with Gasteiger partial charge >= 0.3 is 0 Å². The Morgan fingerprint density at radius 2 is 2.13 bits per heavy atom. The zero-order valence-corrected chi connectivity index (χ0v) is 18.9. The molecule has 1 fully saturated rings. The normalized spacial score (nSPS) is 19.3. The van der Waals surface area contributed by atoms with Crippen molar-refractivity contribution >= 4 is 28.0 Å². The number of ether oxygens (including phenoxy) is 1. The van der Waals surface area contributed by atoms with Crippen molar-refractivity contribution in [2.75, 3.05) is 43.5 Å². The van der Waals surface area contributed by atoms with Crippen molar-refractivity contribution in [3.63, 3.8) is 0 Å². The highest BCUT2D eigenvalue weighted by Gasteiger charge is 2.24. The molecule has 1 atom stereocenters. The van der Waals surface area contributed by atoms with E-state index >= 15 is 0 Å². The number of rotatable bonds is 5. The zero-order valence-electron chi connectivity index (χ0n) is 18.0. The molecule has 0 amide bonds. The summed E-state index contributed by atoms with van der Waals surface area (Å²) in [4.78, 5) is 9.61. The first-order valence-corrected chi connectivity index (χ1v) is 11.7. The van der Waals surface area contributed by atoms with Gasteiger partial charge in [-0.2, -0.15) is 0 Å². The summed E-state index contributed by atoms with van der Waals surface area (Å²) in [5, 5.41) is 13.1. The number of pyridine rings is 1. The lowest BCUT2D eigenvalue weighted by atomic mass is 9.99. The van der Waals surface area contributed by atoms with E-state index in [1.54, 1.807) is 0 Å². The summed E-state index contributed by atoms with van der Waals surface area (Å²) in [5.41, 5.74) is 5.19. The Labute approximate surface area is 187 Å². The summed E-state index contributed by atoms with van der Waals surface area (Å²) >= 11 is 1.52. The van der Waals surface area contributed by atoms with Crippen molar-refractivity contribution in [3.8, 4) is 0 Å². The van der Waals surface area contributed by atoms with Crippen molar-refractivity contribution in [2.24, 2.45) is 0 Å². The van der Waals surface area contributed by atoms with Gasteiger partial charge in [-0.25, -0.2) is 4.98 Å². The van der Waals surface area contributed by atoms with Crippen LogP contribution in [0.25, 0.3) is 0 Å². The van der Waals surface area contributed by atoms with Crippen LogP contribution >= 0.6 is 11.3 Å². The third kappa shape index (κ3) is 4.71. The van der Waals surface area contributed by atoms with Gasteiger partial charge in [0.25, 0.3) is 0 Å². The zero-order chi connectivity index (χ0) is 21.2. The lowest BCUT2D eigenvalue weighted by Crippen LogP contribution is -2.38. The first kappa shape index (κ1) is 20.4. The number of aromatic nitrogens is 3. The van der Waals surface area contributed by atoms with Crippen LogP contribution in [0.2, 0.25) is 0 Å². The predicted molar refractivity (Wildman–Crippen MR) is 124 cm³/mol. The van der Waals surface area contributed by atoms with E-state index in [0.29, 0.717) is 6.61 Å².